The summed E-state index contributed by atoms with van der Waals surface area (Å²) in [6.45, 7) is 0. The molecule has 0 atom stereocenters. The first-order chi connectivity index (χ1) is 6.49. The number of sulfonamides is 1. The summed E-state index contributed by atoms with van der Waals surface area (Å²) in [6, 6.07) is 8.53. The monoisotopic (exact) mass is 213 g/mol. The van der Waals surface area contributed by atoms with Crippen LogP contribution in [0.15, 0.2) is 30.3 Å². The first-order valence-electron chi connectivity index (χ1n) is 4.08. The second kappa shape index (κ2) is 4.34. The Labute approximate surface area is 82.8 Å². The van der Waals surface area contributed by atoms with Gasteiger partial charge in [-0.15, -0.1) is 0 Å². The molecular weight excluding hydrogens is 202 g/mol. The van der Waals surface area contributed by atoms with Gasteiger partial charge in [0.15, 0.2) is 5.78 Å². The zero-order valence-corrected chi connectivity index (χ0v) is 8.33. The van der Waals surface area contributed by atoms with Gasteiger partial charge in [0.2, 0.25) is 10.0 Å². The molecule has 0 aromatic heterocycles. The van der Waals surface area contributed by atoms with E-state index in [4.69, 9.17) is 5.14 Å². The fourth-order valence-electron chi connectivity index (χ4n) is 1.00. The van der Waals surface area contributed by atoms with Gasteiger partial charge in [-0.05, 0) is 0 Å². The molecule has 0 spiro atoms. The molecule has 5 heteroatoms. The number of rotatable bonds is 4. The Kier molecular flexibility index (Phi) is 3.38. The molecule has 1 aromatic rings. The van der Waals surface area contributed by atoms with E-state index in [2.05, 4.69) is 0 Å². The van der Waals surface area contributed by atoms with E-state index in [0.717, 1.165) is 0 Å². The van der Waals surface area contributed by atoms with Gasteiger partial charge in [0.05, 0.1) is 5.75 Å². The molecule has 4 nitrogen and oxygen atoms in total. The highest BCUT2D eigenvalue weighted by atomic mass is 32.2. The lowest BCUT2D eigenvalue weighted by molar-refractivity contribution is 0.0989. The minimum absolute atomic E-state index is 0.0666. The van der Waals surface area contributed by atoms with Gasteiger partial charge < -0.3 is 0 Å². The third kappa shape index (κ3) is 3.68. The largest absolute Gasteiger partial charge is 0.294 e. The topological polar surface area (TPSA) is 77.2 Å². The second-order valence-corrected chi connectivity index (χ2v) is 4.64. The number of carbonyl (C=O) groups excluding carboxylic acids is 1. The minimum atomic E-state index is -3.55. The van der Waals surface area contributed by atoms with E-state index in [-0.39, 0.29) is 18.0 Å². The average Bonchev–Trinajstić information content (AvgIpc) is 2.14. The number of hydrogen-bond donors (Lipinski definition) is 1. The van der Waals surface area contributed by atoms with Crippen LogP contribution in [0.4, 0.5) is 0 Å². The highest BCUT2D eigenvalue weighted by Crippen LogP contribution is 2.03. The Hall–Kier alpha value is -1.20. The molecule has 0 aliphatic rings. The molecule has 0 unspecified atom stereocenters. The van der Waals surface area contributed by atoms with Crippen LogP contribution in [0.25, 0.3) is 0 Å². The van der Waals surface area contributed by atoms with Crippen LogP contribution in [0.1, 0.15) is 16.8 Å². The summed E-state index contributed by atoms with van der Waals surface area (Å²) in [6.07, 6.45) is -0.0666. The van der Waals surface area contributed by atoms with Crippen molar-refractivity contribution in [2.45, 2.75) is 6.42 Å². The Morgan fingerprint density at radius 3 is 2.29 bits per heavy atom. The van der Waals surface area contributed by atoms with Crippen LogP contribution in [0.5, 0.6) is 0 Å². The molecule has 0 fully saturated rings. The summed E-state index contributed by atoms with van der Waals surface area (Å²) in [7, 11) is -3.55. The van der Waals surface area contributed by atoms with Crippen molar-refractivity contribution in [3.63, 3.8) is 0 Å². The molecule has 1 aromatic carbocycles. The maximum absolute atomic E-state index is 11.4. The predicted octanol–water partition coefficient (Wildman–Crippen LogP) is 0.548. The van der Waals surface area contributed by atoms with Gasteiger partial charge in [-0.3, -0.25) is 4.79 Å². The first kappa shape index (κ1) is 10.9. The van der Waals surface area contributed by atoms with Gasteiger partial charge in [-0.1, -0.05) is 30.3 Å². The summed E-state index contributed by atoms with van der Waals surface area (Å²) in [4.78, 5) is 11.4. The van der Waals surface area contributed by atoms with Crippen LogP contribution in [-0.4, -0.2) is 20.0 Å². The molecule has 2 N–H and O–H groups in total. The van der Waals surface area contributed by atoms with E-state index in [9.17, 15) is 13.2 Å². The molecule has 1 rings (SSSR count). The van der Waals surface area contributed by atoms with E-state index in [1.807, 2.05) is 0 Å². The van der Waals surface area contributed by atoms with Gasteiger partial charge in [0, 0.05) is 12.0 Å². The Morgan fingerprint density at radius 1 is 1.21 bits per heavy atom. The number of primary sulfonamides is 1. The summed E-state index contributed by atoms with van der Waals surface area (Å²) in [5.74, 6) is -0.514. The quantitative estimate of drug-likeness (QED) is 0.742. The minimum Gasteiger partial charge on any atom is -0.294 e. The molecule has 0 radical (unpaired) electrons. The number of hydrogen-bond acceptors (Lipinski definition) is 3. The molecule has 0 saturated carbocycles. The summed E-state index contributed by atoms with van der Waals surface area (Å²) >= 11 is 0. The van der Waals surface area contributed by atoms with Crippen LogP contribution in [0.3, 0.4) is 0 Å². The summed E-state index contributed by atoms with van der Waals surface area (Å²) in [5, 5.41) is 4.78. The highest BCUT2D eigenvalue weighted by Gasteiger charge is 2.09. The van der Waals surface area contributed by atoms with Crippen LogP contribution < -0.4 is 5.14 Å². The van der Waals surface area contributed by atoms with E-state index < -0.39 is 10.0 Å². The average molecular weight is 213 g/mol. The number of nitrogens with two attached hydrogens (primary N) is 1. The lowest BCUT2D eigenvalue weighted by Gasteiger charge is -1.98. The van der Waals surface area contributed by atoms with Crippen LogP contribution in [-0.2, 0) is 10.0 Å². The van der Waals surface area contributed by atoms with Crippen molar-refractivity contribution in [3.05, 3.63) is 35.9 Å². The third-order valence-electron chi connectivity index (χ3n) is 1.71. The fourth-order valence-corrected chi connectivity index (χ4v) is 1.47. The predicted molar refractivity (Wildman–Crippen MR) is 53.4 cm³/mol. The van der Waals surface area contributed by atoms with Crippen LogP contribution >= 0.6 is 0 Å². The molecule has 0 bridgehead atoms. The van der Waals surface area contributed by atoms with Gasteiger partial charge in [0.25, 0.3) is 0 Å². The first-order valence-corrected chi connectivity index (χ1v) is 5.79. The van der Waals surface area contributed by atoms with Crippen molar-refractivity contribution in [1.29, 1.82) is 0 Å². The fraction of sp³-hybridized carbons (Fsp3) is 0.222. The SMILES string of the molecule is NS(=O)(=O)CCC(=O)c1ccccc1. The smallest absolute Gasteiger partial charge is 0.209 e. The lowest BCUT2D eigenvalue weighted by Crippen LogP contribution is -2.18. The third-order valence-corrected chi connectivity index (χ3v) is 2.48. The lowest BCUT2D eigenvalue weighted by atomic mass is 10.1. The van der Waals surface area contributed by atoms with E-state index >= 15 is 0 Å². The van der Waals surface area contributed by atoms with Crippen LogP contribution in [0.2, 0.25) is 0 Å². The Morgan fingerprint density at radius 2 is 1.79 bits per heavy atom. The van der Waals surface area contributed by atoms with Crippen molar-refractivity contribution in [1.82, 2.24) is 0 Å². The van der Waals surface area contributed by atoms with Gasteiger partial charge in [0.1, 0.15) is 0 Å². The molecule has 0 amide bonds. The van der Waals surface area contributed by atoms with Crippen molar-refractivity contribution >= 4 is 15.8 Å². The molecule has 0 aliphatic carbocycles. The van der Waals surface area contributed by atoms with Crippen molar-refractivity contribution in [2.75, 3.05) is 5.75 Å². The maximum atomic E-state index is 11.4. The van der Waals surface area contributed by atoms with E-state index in [1.165, 1.54) is 0 Å². The molecule has 0 aliphatic heterocycles. The Bertz CT molecular complexity index is 411. The van der Waals surface area contributed by atoms with Crippen molar-refractivity contribution < 1.29 is 13.2 Å². The van der Waals surface area contributed by atoms with E-state index in [1.54, 1.807) is 30.3 Å². The maximum Gasteiger partial charge on any atom is 0.209 e. The standard InChI is InChI=1S/C9H11NO3S/c10-14(12,13)7-6-9(11)8-4-2-1-3-5-8/h1-5H,6-7H2,(H2,10,12,13). The van der Waals surface area contributed by atoms with Crippen molar-refractivity contribution in [2.24, 2.45) is 5.14 Å². The molecule has 14 heavy (non-hydrogen) atoms. The molecule has 0 saturated heterocycles. The molecule has 0 heterocycles. The highest BCUT2D eigenvalue weighted by molar-refractivity contribution is 7.89. The van der Waals surface area contributed by atoms with Gasteiger partial charge >= 0.3 is 0 Å². The van der Waals surface area contributed by atoms with Crippen molar-refractivity contribution in [3.8, 4) is 0 Å². The normalized spacial score (nSPS) is 11.2. The summed E-state index contributed by atoms with van der Waals surface area (Å²) in [5.41, 5.74) is 0.510. The Balaban J connectivity index is 2.61. The van der Waals surface area contributed by atoms with E-state index in [0.29, 0.717) is 5.56 Å². The number of benzene rings is 1. The number of Topliss-reactive ketones (excluding diaryl/α,β-unsaturated/α-hetero) is 1. The number of ketones is 1. The molecular formula is C9H11NO3S. The second-order valence-electron chi connectivity index (χ2n) is 2.91. The molecule has 76 valence electrons. The van der Waals surface area contributed by atoms with Crippen LogP contribution in [0, 0.1) is 0 Å². The summed E-state index contributed by atoms with van der Waals surface area (Å²) < 4.78 is 21.2. The van der Waals surface area contributed by atoms with Gasteiger partial charge in [-0.25, -0.2) is 13.6 Å². The van der Waals surface area contributed by atoms with Gasteiger partial charge in [-0.2, -0.15) is 0 Å². The zero-order valence-electron chi connectivity index (χ0n) is 7.51. The number of carbonyl (C=O) groups is 1. The zero-order chi connectivity index (χ0) is 10.6.